The maximum absolute atomic E-state index is 15.3. The van der Waals surface area contributed by atoms with Gasteiger partial charge in [0.1, 0.15) is 17.2 Å². The SMILES string of the molecule is Cn1c(-c2cc(F)ccc2C(=O)N2Cc3ccccc3C[C@H]2CN2CCOCC2)cc(C(=O)N(c2ccc(O)cc2)c2cnc3c(ccn3C)c2)c1CC(F)(F)F. The molecule has 10 nitrogen and oxygen atoms in total. The van der Waals surface area contributed by atoms with E-state index in [1.165, 1.54) is 59.1 Å². The van der Waals surface area contributed by atoms with Crippen molar-refractivity contribution >= 4 is 34.2 Å². The van der Waals surface area contributed by atoms with Gasteiger partial charge in [-0.1, -0.05) is 24.3 Å². The van der Waals surface area contributed by atoms with Crippen LogP contribution in [0.1, 0.15) is 37.5 Å². The average Bonchev–Trinajstić information content (AvgIpc) is 3.72. The van der Waals surface area contributed by atoms with Crippen LogP contribution in [0.4, 0.5) is 28.9 Å². The highest BCUT2D eigenvalue weighted by Gasteiger charge is 2.37. The Labute approximate surface area is 326 Å². The molecule has 0 bridgehead atoms. The van der Waals surface area contributed by atoms with Crippen LogP contribution in [0.2, 0.25) is 0 Å². The Kier molecular flexibility index (Phi) is 10.1. The summed E-state index contributed by atoms with van der Waals surface area (Å²) in [6, 6.07) is 21.8. The molecular weight excluding hydrogens is 741 g/mol. The third-order valence-electron chi connectivity index (χ3n) is 10.9. The fourth-order valence-electron chi connectivity index (χ4n) is 8.00. The van der Waals surface area contributed by atoms with Crippen molar-refractivity contribution in [3.05, 3.63) is 131 Å². The molecule has 0 unspecified atom stereocenters. The molecule has 0 saturated carbocycles. The summed E-state index contributed by atoms with van der Waals surface area (Å²) >= 11 is 0. The first kappa shape index (κ1) is 37.9. The number of hydrogen-bond acceptors (Lipinski definition) is 6. The van der Waals surface area contributed by atoms with Gasteiger partial charge in [-0.3, -0.25) is 19.4 Å². The highest BCUT2D eigenvalue weighted by atomic mass is 19.4. The number of aryl methyl sites for hydroxylation is 1. The van der Waals surface area contributed by atoms with Gasteiger partial charge in [-0.15, -0.1) is 0 Å². The number of morpholine rings is 1. The van der Waals surface area contributed by atoms with Crippen molar-refractivity contribution in [2.45, 2.75) is 31.6 Å². The van der Waals surface area contributed by atoms with Crippen molar-refractivity contribution in [1.29, 1.82) is 0 Å². The molecule has 0 radical (unpaired) electrons. The average molecular weight is 781 g/mol. The molecule has 5 heterocycles. The number of alkyl halides is 3. The van der Waals surface area contributed by atoms with Crippen molar-refractivity contribution in [3.63, 3.8) is 0 Å². The molecule has 6 aromatic rings. The van der Waals surface area contributed by atoms with E-state index in [9.17, 15) is 27.9 Å². The van der Waals surface area contributed by atoms with Gasteiger partial charge < -0.3 is 23.9 Å². The van der Waals surface area contributed by atoms with E-state index < -0.39 is 30.2 Å². The van der Waals surface area contributed by atoms with Gasteiger partial charge in [-0.25, -0.2) is 9.37 Å². The summed E-state index contributed by atoms with van der Waals surface area (Å²) in [5.74, 6) is -2.00. The van der Waals surface area contributed by atoms with Gasteiger partial charge in [0.25, 0.3) is 11.8 Å². The van der Waals surface area contributed by atoms with Crippen LogP contribution >= 0.6 is 0 Å². The molecule has 8 rings (SSSR count). The van der Waals surface area contributed by atoms with E-state index in [0.717, 1.165) is 23.3 Å². The number of halogens is 4. The van der Waals surface area contributed by atoms with Crippen molar-refractivity contribution in [3.8, 4) is 17.0 Å². The lowest BCUT2D eigenvalue weighted by Crippen LogP contribution is -2.52. The third kappa shape index (κ3) is 7.62. The molecule has 2 aliphatic heterocycles. The molecular formula is C43H40F4N6O4. The lowest BCUT2D eigenvalue weighted by atomic mass is 9.92. The van der Waals surface area contributed by atoms with Gasteiger partial charge >= 0.3 is 6.18 Å². The van der Waals surface area contributed by atoms with E-state index in [4.69, 9.17) is 4.74 Å². The highest BCUT2D eigenvalue weighted by molar-refractivity contribution is 6.13. The quantitative estimate of drug-likeness (QED) is 0.162. The summed E-state index contributed by atoms with van der Waals surface area (Å²) in [4.78, 5) is 39.4. The normalized spacial score (nSPS) is 16.2. The minimum absolute atomic E-state index is 0.0533. The topological polar surface area (TPSA) is 96.1 Å². The number of fused-ring (bicyclic) bond motifs is 2. The fourth-order valence-corrected chi connectivity index (χ4v) is 8.00. The predicted octanol–water partition coefficient (Wildman–Crippen LogP) is 7.41. The molecule has 1 fully saturated rings. The molecule has 0 aliphatic carbocycles. The number of ether oxygens (including phenoxy) is 1. The van der Waals surface area contributed by atoms with Crippen LogP contribution in [-0.2, 0) is 38.2 Å². The second-order valence-electron chi connectivity index (χ2n) is 14.6. The Morgan fingerprint density at radius 2 is 1.65 bits per heavy atom. The number of anilines is 2. The summed E-state index contributed by atoms with van der Waals surface area (Å²) in [5, 5.41) is 10.8. The first-order valence-corrected chi connectivity index (χ1v) is 18.6. The number of aromatic hydroxyl groups is 1. The van der Waals surface area contributed by atoms with E-state index in [0.29, 0.717) is 56.8 Å². The number of phenols is 1. The monoisotopic (exact) mass is 780 g/mol. The second-order valence-corrected chi connectivity index (χ2v) is 14.6. The number of amides is 2. The highest BCUT2D eigenvalue weighted by Crippen LogP contribution is 2.38. The third-order valence-corrected chi connectivity index (χ3v) is 10.9. The Hall–Kier alpha value is -5.99. The zero-order valence-corrected chi connectivity index (χ0v) is 31.3. The molecule has 3 aromatic carbocycles. The van der Waals surface area contributed by atoms with Crippen LogP contribution < -0.4 is 4.90 Å². The smallest absolute Gasteiger partial charge is 0.394 e. The maximum Gasteiger partial charge on any atom is 0.394 e. The number of carbonyl (C=O) groups excluding carboxylic acids is 2. The first-order chi connectivity index (χ1) is 27.3. The van der Waals surface area contributed by atoms with E-state index >= 15 is 4.39 Å². The number of pyridine rings is 1. The number of benzene rings is 3. The summed E-state index contributed by atoms with van der Waals surface area (Å²) in [6.45, 7) is 3.44. The van der Waals surface area contributed by atoms with Crippen molar-refractivity contribution in [2.24, 2.45) is 14.1 Å². The molecule has 3 aromatic heterocycles. The van der Waals surface area contributed by atoms with E-state index in [-0.39, 0.29) is 51.2 Å². The number of rotatable bonds is 8. The number of phenolic OH excluding ortho intramolecular Hbond substituents is 1. The van der Waals surface area contributed by atoms with E-state index in [2.05, 4.69) is 9.88 Å². The van der Waals surface area contributed by atoms with Crippen LogP contribution in [0.3, 0.4) is 0 Å². The standard InChI is InChI=1S/C43H40F4N6O4/c1-49-14-13-28-20-32(24-48-40(28)49)53(31-8-10-34(54)11-9-31)42(56)37-22-38(50(2)39(37)23-43(45,46)47)36-21-30(44)7-12-35(36)41(55)52-25-29-6-4-3-5-27(29)19-33(52)26-51-15-17-57-18-16-51/h3-14,20-22,24,33,54H,15-19,23,25-26H2,1-2H3/t33-/m0/s1. The Morgan fingerprint density at radius 1 is 0.912 bits per heavy atom. The van der Waals surface area contributed by atoms with Crippen LogP contribution in [-0.4, -0.2) is 85.9 Å². The van der Waals surface area contributed by atoms with Crippen molar-refractivity contribution < 1.29 is 37.0 Å². The maximum atomic E-state index is 15.3. The first-order valence-electron chi connectivity index (χ1n) is 18.6. The lowest BCUT2D eigenvalue weighted by molar-refractivity contribution is -0.128. The summed E-state index contributed by atoms with van der Waals surface area (Å²) in [5.41, 5.74) is 2.79. The van der Waals surface area contributed by atoms with Crippen LogP contribution in [0.5, 0.6) is 5.75 Å². The number of aromatic nitrogens is 3. The minimum Gasteiger partial charge on any atom is -0.508 e. The summed E-state index contributed by atoms with van der Waals surface area (Å²) in [7, 11) is 3.19. The van der Waals surface area contributed by atoms with Crippen LogP contribution in [0.15, 0.2) is 97.3 Å². The van der Waals surface area contributed by atoms with Gasteiger partial charge in [0.05, 0.1) is 37.1 Å². The molecule has 2 aliphatic rings. The zero-order chi connectivity index (χ0) is 40.0. The summed E-state index contributed by atoms with van der Waals surface area (Å²) in [6.07, 6.45) is -2.38. The molecule has 1 N–H and O–H groups in total. The molecule has 14 heteroatoms. The molecule has 2 amide bonds. The minimum atomic E-state index is -4.74. The van der Waals surface area contributed by atoms with Gasteiger partial charge in [-0.2, -0.15) is 13.2 Å². The molecule has 1 atom stereocenters. The zero-order valence-electron chi connectivity index (χ0n) is 31.3. The van der Waals surface area contributed by atoms with Crippen molar-refractivity contribution in [1.82, 2.24) is 23.9 Å². The molecule has 57 heavy (non-hydrogen) atoms. The lowest BCUT2D eigenvalue weighted by Gasteiger charge is -2.40. The predicted molar refractivity (Wildman–Crippen MR) is 207 cm³/mol. The Balaban J connectivity index is 1.24. The molecule has 1 saturated heterocycles. The van der Waals surface area contributed by atoms with Gasteiger partial charge in [-0.05, 0) is 78.2 Å². The molecule has 294 valence electrons. The van der Waals surface area contributed by atoms with Crippen molar-refractivity contribution in [2.75, 3.05) is 37.7 Å². The molecule has 0 spiro atoms. The number of hydrogen-bond donors (Lipinski definition) is 1. The fraction of sp³-hybridized carbons (Fsp3) is 0.279. The van der Waals surface area contributed by atoms with Crippen LogP contribution in [0.25, 0.3) is 22.3 Å². The van der Waals surface area contributed by atoms with Crippen LogP contribution in [0, 0.1) is 5.82 Å². The Bertz CT molecular complexity index is 2470. The van der Waals surface area contributed by atoms with Gasteiger partial charge in [0, 0.05) is 86.1 Å². The number of nitrogens with zero attached hydrogens (tertiary/aromatic N) is 6. The van der Waals surface area contributed by atoms with E-state index in [1.54, 1.807) is 27.8 Å². The largest absolute Gasteiger partial charge is 0.508 e. The van der Waals surface area contributed by atoms with Gasteiger partial charge in [0.15, 0.2) is 0 Å². The van der Waals surface area contributed by atoms with Gasteiger partial charge in [0.2, 0.25) is 0 Å². The second kappa shape index (κ2) is 15.2. The Morgan fingerprint density at radius 3 is 2.39 bits per heavy atom. The summed E-state index contributed by atoms with van der Waals surface area (Å²) < 4.78 is 67.1. The van der Waals surface area contributed by atoms with E-state index in [1.807, 2.05) is 31.3 Å². The number of carbonyl (C=O) groups is 2.